The number of benzene rings is 2. The Morgan fingerprint density at radius 1 is 0.977 bits per heavy atom. The summed E-state index contributed by atoms with van der Waals surface area (Å²) in [6, 6.07) is 14.7. The third-order valence-corrected chi connectivity index (χ3v) is 6.75. The first-order chi connectivity index (χ1) is 20.1. The molecule has 0 bridgehead atoms. The molecule has 2 aromatic rings. The maximum Gasteiger partial charge on any atom is 0.435 e. The van der Waals surface area contributed by atoms with Crippen molar-refractivity contribution in [1.29, 1.82) is 0 Å². The fourth-order valence-corrected chi connectivity index (χ4v) is 4.56. The molecule has 1 heterocycles. The van der Waals surface area contributed by atoms with Crippen molar-refractivity contribution in [2.75, 3.05) is 6.54 Å². The Labute approximate surface area is 253 Å². The Kier molecular flexibility index (Phi) is 10.9. The number of nitrogens with zero attached hydrogens (tertiary/aromatic N) is 2. The lowest BCUT2D eigenvalue weighted by Gasteiger charge is -2.35. The van der Waals surface area contributed by atoms with Crippen LogP contribution < -0.4 is 16.4 Å². The molecule has 0 spiro atoms. The highest BCUT2D eigenvalue weighted by Crippen LogP contribution is 2.26. The zero-order valence-electron chi connectivity index (χ0n) is 25.8. The van der Waals surface area contributed by atoms with Gasteiger partial charge in [0.2, 0.25) is 11.8 Å². The van der Waals surface area contributed by atoms with Gasteiger partial charge in [-0.25, -0.2) is 9.59 Å². The highest BCUT2D eigenvalue weighted by molar-refractivity contribution is 6.02. The van der Waals surface area contributed by atoms with Crippen LogP contribution in [0.25, 0.3) is 0 Å². The predicted octanol–water partition coefficient (Wildman–Crippen LogP) is 4.28. The maximum absolute atomic E-state index is 13.6. The lowest BCUT2D eigenvalue weighted by atomic mass is 9.85. The van der Waals surface area contributed by atoms with Crippen molar-refractivity contribution in [2.45, 2.75) is 85.2 Å². The third-order valence-electron chi connectivity index (χ3n) is 6.75. The number of carbonyl (C=O) groups excluding carboxylic acids is 4. The van der Waals surface area contributed by atoms with Gasteiger partial charge < -0.3 is 30.7 Å². The molecule has 1 fully saturated rings. The zero-order chi connectivity index (χ0) is 31.8. The number of carbonyl (C=O) groups is 4. The van der Waals surface area contributed by atoms with Gasteiger partial charge in [-0.2, -0.15) is 4.99 Å². The minimum absolute atomic E-state index is 0.0159. The Hall–Kier alpha value is -4.41. The molecule has 0 unspecified atom stereocenters. The van der Waals surface area contributed by atoms with E-state index in [1.165, 1.54) is 0 Å². The van der Waals surface area contributed by atoms with Gasteiger partial charge in [0.05, 0.1) is 0 Å². The number of ether oxygens (including phenoxy) is 2. The number of hydrogen-bond donors (Lipinski definition) is 3. The average molecular weight is 594 g/mol. The minimum atomic E-state index is -0.869. The number of rotatable bonds is 8. The Balaban J connectivity index is 1.57. The van der Waals surface area contributed by atoms with E-state index in [-0.39, 0.29) is 30.8 Å². The molecular formula is C32H43N5O6. The first-order valence-electron chi connectivity index (χ1n) is 14.4. The van der Waals surface area contributed by atoms with Gasteiger partial charge in [-0.05, 0) is 50.2 Å². The third kappa shape index (κ3) is 10.1. The van der Waals surface area contributed by atoms with Crippen molar-refractivity contribution in [3.8, 4) is 0 Å². The smallest absolute Gasteiger partial charge is 0.435 e. The van der Waals surface area contributed by atoms with E-state index in [1.54, 1.807) is 49.9 Å². The summed E-state index contributed by atoms with van der Waals surface area (Å²) in [5, 5.41) is 5.62. The summed E-state index contributed by atoms with van der Waals surface area (Å²) in [7, 11) is 0. The van der Waals surface area contributed by atoms with E-state index in [0.717, 1.165) is 11.1 Å². The summed E-state index contributed by atoms with van der Waals surface area (Å²) in [5.41, 5.74) is 6.84. The number of nitrogens with two attached hydrogens (primary N) is 1. The van der Waals surface area contributed by atoms with Crippen molar-refractivity contribution in [3.05, 3.63) is 71.3 Å². The van der Waals surface area contributed by atoms with Gasteiger partial charge >= 0.3 is 12.2 Å². The first-order valence-corrected chi connectivity index (χ1v) is 14.4. The van der Waals surface area contributed by atoms with Crippen LogP contribution in [-0.4, -0.2) is 59.0 Å². The second-order valence-corrected chi connectivity index (χ2v) is 12.6. The van der Waals surface area contributed by atoms with Crippen LogP contribution in [0.5, 0.6) is 0 Å². The van der Waals surface area contributed by atoms with E-state index in [2.05, 4.69) is 15.6 Å². The number of aliphatic imine (C=N–C) groups is 1. The van der Waals surface area contributed by atoms with Crippen LogP contribution in [0.3, 0.4) is 0 Å². The standard InChI is InChI=1S/C32H43N5O6/c1-31(2,3)25(35-30(41)43-32(4,5)6)28(39)37-18-10-13-24(37)27(38)34-19-21-14-16-23(17-15-21)26(33)36-29(40)42-20-22-11-8-7-9-12-22/h7-9,11-12,14-17,24-25H,10,13,18-20H2,1-6H3,(H,34,38)(H,35,41)(H2,33,36,40)/t24-,25-/m0/s1. The summed E-state index contributed by atoms with van der Waals surface area (Å²) in [4.78, 5) is 56.7. The molecule has 0 aliphatic carbocycles. The number of hydrogen-bond acceptors (Lipinski definition) is 6. The van der Waals surface area contributed by atoms with Gasteiger partial charge in [-0.1, -0.05) is 75.4 Å². The van der Waals surface area contributed by atoms with Crippen molar-refractivity contribution in [2.24, 2.45) is 16.1 Å². The van der Waals surface area contributed by atoms with Gasteiger partial charge in [0.25, 0.3) is 0 Å². The molecule has 1 saturated heterocycles. The molecule has 1 aliphatic heterocycles. The summed E-state index contributed by atoms with van der Waals surface area (Å²) in [5.74, 6) is -0.582. The molecule has 4 N–H and O–H groups in total. The Morgan fingerprint density at radius 3 is 2.23 bits per heavy atom. The molecule has 0 radical (unpaired) electrons. The monoisotopic (exact) mass is 593 g/mol. The van der Waals surface area contributed by atoms with Crippen molar-refractivity contribution in [1.82, 2.24) is 15.5 Å². The number of likely N-dealkylation sites (tertiary alicyclic amines) is 1. The largest absolute Gasteiger partial charge is 0.444 e. The van der Waals surface area contributed by atoms with E-state index in [1.807, 2.05) is 51.1 Å². The molecule has 1 aliphatic rings. The van der Waals surface area contributed by atoms with Gasteiger partial charge in [0.1, 0.15) is 30.1 Å². The van der Waals surface area contributed by atoms with E-state index in [0.29, 0.717) is 24.9 Å². The van der Waals surface area contributed by atoms with Crippen LogP contribution in [0.1, 0.15) is 71.1 Å². The van der Waals surface area contributed by atoms with Crippen LogP contribution in [-0.2, 0) is 32.2 Å². The zero-order valence-corrected chi connectivity index (χ0v) is 25.8. The van der Waals surface area contributed by atoms with Crippen molar-refractivity contribution >= 4 is 29.8 Å². The normalized spacial score (nSPS) is 16.3. The number of amidine groups is 1. The highest BCUT2D eigenvalue weighted by atomic mass is 16.6. The van der Waals surface area contributed by atoms with E-state index in [9.17, 15) is 19.2 Å². The van der Waals surface area contributed by atoms with Crippen molar-refractivity contribution < 1.29 is 28.7 Å². The van der Waals surface area contributed by atoms with E-state index >= 15 is 0 Å². The lowest BCUT2D eigenvalue weighted by molar-refractivity contribution is -0.142. The maximum atomic E-state index is 13.6. The Morgan fingerprint density at radius 2 is 1.63 bits per heavy atom. The summed E-state index contributed by atoms with van der Waals surface area (Å²) in [6.45, 7) is 11.6. The number of nitrogens with one attached hydrogen (secondary N) is 2. The van der Waals surface area contributed by atoms with Gasteiger partial charge in [-0.15, -0.1) is 0 Å². The van der Waals surface area contributed by atoms with Gasteiger partial charge in [0, 0.05) is 18.7 Å². The molecule has 3 rings (SSSR count). The molecule has 2 atom stereocenters. The van der Waals surface area contributed by atoms with Crippen molar-refractivity contribution in [3.63, 3.8) is 0 Å². The van der Waals surface area contributed by atoms with Gasteiger partial charge in [-0.3, -0.25) is 9.59 Å². The van der Waals surface area contributed by atoms with Crippen LogP contribution >= 0.6 is 0 Å². The molecular weight excluding hydrogens is 550 g/mol. The summed E-state index contributed by atoms with van der Waals surface area (Å²) < 4.78 is 10.5. The number of amides is 4. The molecule has 11 nitrogen and oxygen atoms in total. The molecule has 0 saturated carbocycles. The SMILES string of the molecule is CC(C)(C)OC(=O)N[C@@H](C(=O)N1CCC[C@H]1C(=O)NCc1ccc(/C(N)=N/C(=O)OCc2ccccc2)cc1)C(C)(C)C. The second kappa shape index (κ2) is 14.2. The van der Waals surface area contributed by atoms with E-state index < -0.39 is 35.3 Å². The second-order valence-electron chi connectivity index (χ2n) is 12.6. The van der Waals surface area contributed by atoms with Crippen LogP contribution in [0.15, 0.2) is 59.6 Å². The quantitative estimate of drug-likeness (QED) is 0.305. The fraction of sp³-hybridized carbons (Fsp3) is 0.469. The first kappa shape index (κ1) is 33.1. The predicted molar refractivity (Wildman–Crippen MR) is 163 cm³/mol. The van der Waals surface area contributed by atoms with Crippen LogP contribution in [0, 0.1) is 5.41 Å². The molecule has 11 heteroatoms. The topological polar surface area (TPSA) is 152 Å². The number of alkyl carbamates (subject to hydrolysis) is 1. The molecule has 43 heavy (non-hydrogen) atoms. The average Bonchev–Trinajstić information content (AvgIpc) is 3.43. The minimum Gasteiger partial charge on any atom is -0.444 e. The van der Waals surface area contributed by atoms with Gasteiger partial charge in [0.15, 0.2) is 0 Å². The van der Waals surface area contributed by atoms with Crippen LogP contribution in [0.2, 0.25) is 0 Å². The lowest BCUT2D eigenvalue weighted by Crippen LogP contribution is -2.58. The summed E-state index contributed by atoms with van der Waals surface area (Å²) in [6.07, 6.45) is -0.274. The molecule has 4 amide bonds. The Bertz CT molecular complexity index is 1310. The molecule has 2 aromatic carbocycles. The highest BCUT2D eigenvalue weighted by Gasteiger charge is 2.42. The molecule has 0 aromatic heterocycles. The van der Waals surface area contributed by atoms with Crippen LogP contribution in [0.4, 0.5) is 9.59 Å². The summed E-state index contributed by atoms with van der Waals surface area (Å²) >= 11 is 0. The molecule has 232 valence electrons. The fourth-order valence-electron chi connectivity index (χ4n) is 4.56. The van der Waals surface area contributed by atoms with E-state index in [4.69, 9.17) is 15.2 Å².